The van der Waals surface area contributed by atoms with E-state index in [1.54, 1.807) is 7.11 Å². The van der Waals surface area contributed by atoms with E-state index in [0.717, 1.165) is 33.7 Å². The second-order valence-corrected chi connectivity index (χ2v) is 5.54. The van der Waals surface area contributed by atoms with E-state index < -0.39 is 0 Å². The van der Waals surface area contributed by atoms with Gasteiger partial charge in [0.25, 0.3) is 0 Å². The maximum absolute atomic E-state index is 5.81. The summed E-state index contributed by atoms with van der Waals surface area (Å²) in [4.78, 5) is 0. The zero-order valence-electron chi connectivity index (χ0n) is 9.96. The van der Waals surface area contributed by atoms with E-state index in [9.17, 15) is 0 Å². The first-order valence-electron chi connectivity index (χ1n) is 5.27. The van der Waals surface area contributed by atoms with E-state index in [4.69, 9.17) is 21.1 Å². The molecule has 0 heterocycles. The SMILES string of the molecule is COc1cc(CCl)cc(Br)c1OCCCSC. The van der Waals surface area contributed by atoms with Crippen LogP contribution in [0.5, 0.6) is 11.5 Å². The Balaban J connectivity index is 2.75. The largest absolute Gasteiger partial charge is 0.493 e. The molecule has 0 aliphatic rings. The second-order valence-electron chi connectivity index (χ2n) is 3.44. The summed E-state index contributed by atoms with van der Waals surface area (Å²) < 4.78 is 11.9. The number of thioether (sulfide) groups is 1. The van der Waals surface area contributed by atoms with Crippen molar-refractivity contribution < 1.29 is 9.47 Å². The summed E-state index contributed by atoms with van der Waals surface area (Å²) in [5.41, 5.74) is 1.01. The van der Waals surface area contributed by atoms with Crippen LogP contribution in [0.2, 0.25) is 0 Å². The Morgan fingerprint density at radius 2 is 2.18 bits per heavy atom. The normalized spacial score (nSPS) is 10.4. The Bertz CT molecular complexity index is 361. The van der Waals surface area contributed by atoms with Crippen LogP contribution in [0, 0.1) is 0 Å². The minimum absolute atomic E-state index is 0.460. The standard InChI is InChI=1S/C12H16BrClO2S/c1-15-11-7-9(8-14)6-10(13)12(11)16-4-3-5-17-2/h6-7H,3-5,8H2,1-2H3. The van der Waals surface area contributed by atoms with Crippen molar-refractivity contribution >= 4 is 39.3 Å². The molecule has 0 saturated heterocycles. The van der Waals surface area contributed by atoms with E-state index in [1.165, 1.54) is 0 Å². The monoisotopic (exact) mass is 338 g/mol. The van der Waals surface area contributed by atoms with Gasteiger partial charge in [0.15, 0.2) is 11.5 Å². The van der Waals surface area contributed by atoms with E-state index in [2.05, 4.69) is 22.2 Å². The van der Waals surface area contributed by atoms with Gasteiger partial charge in [-0.3, -0.25) is 0 Å². The molecule has 1 rings (SSSR count). The second kappa shape index (κ2) is 8.11. The quantitative estimate of drug-likeness (QED) is 0.544. The van der Waals surface area contributed by atoms with Crippen LogP contribution in [0.4, 0.5) is 0 Å². The van der Waals surface area contributed by atoms with Crippen molar-refractivity contribution in [3.05, 3.63) is 22.2 Å². The maximum atomic E-state index is 5.81. The first kappa shape index (κ1) is 15.0. The van der Waals surface area contributed by atoms with Gasteiger partial charge in [-0.2, -0.15) is 11.8 Å². The molecule has 0 aromatic heterocycles. The van der Waals surface area contributed by atoms with Gasteiger partial charge in [-0.15, -0.1) is 11.6 Å². The van der Waals surface area contributed by atoms with Gasteiger partial charge < -0.3 is 9.47 Å². The fraction of sp³-hybridized carbons (Fsp3) is 0.500. The highest BCUT2D eigenvalue weighted by Crippen LogP contribution is 2.37. The van der Waals surface area contributed by atoms with Crippen LogP contribution < -0.4 is 9.47 Å². The van der Waals surface area contributed by atoms with Crippen molar-refractivity contribution in [3.63, 3.8) is 0 Å². The zero-order valence-corrected chi connectivity index (χ0v) is 13.1. The van der Waals surface area contributed by atoms with Crippen molar-refractivity contribution in [2.24, 2.45) is 0 Å². The van der Waals surface area contributed by atoms with Crippen molar-refractivity contribution in [2.45, 2.75) is 12.3 Å². The number of methoxy groups -OCH3 is 1. The molecule has 0 bridgehead atoms. The molecule has 0 unspecified atom stereocenters. The molecular weight excluding hydrogens is 324 g/mol. The van der Waals surface area contributed by atoms with Gasteiger partial charge in [0.2, 0.25) is 0 Å². The Morgan fingerprint density at radius 3 is 2.76 bits per heavy atom. The van der Waals surface area contributed by atoms with Crippen molar-refractivity contribution in [3.8, 4) is 11.5 Å². The number of benzene rings is 1. The molecule has 0 atom stereocenters. The third-order valence-corrected chi connectivity index (χ3v) is 3.78. The average molecular weight is 340 g/mol. The lowest BCUT2D eigenvalue weighted by molar-refractivity contribution is 0.293. The van der Waals surface area contributed by atoms with Crippen molar-refractivity contribution in [1.82, 2.24) is 0 Å². The van der Waals surface area contributed by atoms with Crippen molar-refractivity contribution in [2.75, 3.05) is 25.7 Å². The predicted octanol–water partition coefficient (Wildman–Crippen LogP) is 4.33. The molecule has 0 N–H and O–H groups in total. The van der Waals surface area contributed by atoms with Crippen LogP contribution >= 0.6 is 39.3 Å². The first-order valence-corrected chi connectivity index (χ1v) is 7.99. The summed E-state index contributed by atoms with van der Waals surface area (Å²) in [6.45, 7) is 0.690. The summed E-state index contributed by atoms with van der Waals surface area (Å²) in [7, 11) is 1.63. The van der Waals surface area contributed by atoms with Gasteiger partial charge >= 0.3 is 0 Å². The van der Waals surface area contributed by atoms with Gasteiger partial charge in [-0.25, -0.2) is 0 Å². The smallest absolute Gasteiger partial charge is 0.175 e. The summed E-state index contributed by atoms with van der Waals surface area (Å²) in [5.74, 6) is 3.03. The van der Waals surface area contributed by atoms with Crippen LogP contribution in [-0.4, -0.2) is 25.7 Å². The molecule has 0 aliphatic heterocycles. The van der Waals surface area contributed by atoms with E-state index in [1.807, 2.05) is 23.9 Å². The van der Waals surface area contributed by atoms with Gasteiger partial charge in [-0.05, 0) is 52.1 Å². The summed E-state index contributed by atoms with van der Waals surface area (Å²) >= 11 is 11.1. The number of halogens is 2. The minimum atomic E-state index is 0.460. The molecule has 0 spiro atoms. The molecule has 1 aromatic carbocycles. The Hall–Kier alpha value is -0.0600. The molecule has 0 aliphatic carbocycles. The maximum Gasteiger partial charge on any atom is 0.175 e. The highest BCUT2D eigenvalue weighted by molar-refractivity contribution is 9.10. The molecule has 0 saturated carbocycles. The zero-order chi connectivity index (χ0) is 12.7. The molecule has 2 nitrogen and oxygen atoms in total. The fourth-order valence-electron chi connectivity index (χ4n) is 1.37. The molecule has 17 heavy (non-hydrogen) atoms. The van der Waals surface area contributed by atoms with Gasteiger partial charge in [0.05, 0.1) is 18.2 Å². The van der Waals surface area contributed by atoms with Gasteiger partial charge in [-0.1, -0.05) is 0 Å². The van der Waals surface area contributed by atoms with Gasteiger partial charge in [0, 0.05) is 5.88 Å². The molecular formula is C12H16BrClO2S. The summed E-state index contributed by atoms with van der Waals surface area (Å²) in [6.07, 6.45) is 3.11. The lowest BCUT2D eigenvalue weighted by atomic mass is 10.2. The van der Waals surface area contributed by atoms with Crippen LogP contribution in [-0.2, 0) is 5.88 Å². The Morgan fingerprint density at radius 1 is 1.41 bits per heavy atom. The van der Waals surface area contributed by atoms with E-state index >= 15 is 0 Å². The molecule has 96 valence electrons. The lowest BCUT2D eigenvalue weighted by Gasteiger charge is -2.13. The Kier molecular flexibility index (Phi) is 7.16. The Labute approximate surface area is 120 Å². The van der Waals surface area contributed by atoms with E-state index in [-0.39, 0.29) is 0 Å². The minimum Gasteiger partial charge on any atom is -0.493 e. The average Bonchev–Trinajstić information content (AvgIpc) is 2.35. The third-order valence-electron chi connectivity index (χ3n) is 2.18. The van der Waals surface area contributed by atoms with Crippen molar-refractivity contribution in [1.29, 1.82) is 0 Å². The summed E-state index contributed by atoms with van der Waals surface area (Å²) in [5, 5.41) is 0. The topological polar surface area (TPSA) is 18.5 Å². The molecule has 0 fully saturated rings. The predicted molar refractivity (Wildman–Crippen MR) is 78.7 cm³/mol. The third kappa shape index (κ3) is 4.60. The lowest BCUT2D eigenvalue weighted by Crippen LogP contribution is -2.01. The molecule has 1 aromatic rings. The number of alkyl halides is 1. The molecule has 0 amide bonds. The number of ether oxygens (including phenoxy) is 2. The van der Waals surface area contributed by atoms with Crippen LogP contribution in [0.25, 0.3) is 0 Å². The van der Waals surface area contributed by atoms with Crippen LogP contribution in [0.15, 0.2) is 16.6 Å². The van der Waals surface area contributed by atoms with Crippen LogP contribution in [0.1, 0.15) is 12.0 Å². The fourth-order valence-corrected chi connectivity index (χ4v) is 2.53. The van der Waals surface area contributed by atoms with Gasteiger partial charge in [0.1, 0.15) is 0 Å². The molecule has 0 radical (unpaired) electrons. The van der Waals surface area contributed by atoms with E-state index in [0.29, 0.717) is 12.5 Å². The number of rotatable bonds is 7. The highest BCUT2D eigenvalue weighted by atomic mass is 79.9. The number of hydrogen-bond donors (Lipinski definition) is 0. The van der Waals surface area contributed by atoms with Crippen LogP contribution in [0.3, 0.4) is 0 Å². The highest BCUT2D eigenvalue weighted by Gasteiger charge is 2.11. The summed E-state index contributed by atoms with van der Waals surface area (Å²) in [6, 6.07) is 3.86. The first-order chi connectivity index (χ1) is 8.22. The number of hydrogen-bond acceptors (Lipinski definition) is 3. The molecule has 5 heteroatoms.